The fraction of sp³-hybridized carbons (Fsp3) is 0.818. The highest BCUT2D eigenvalue weighted by Crippen LogP contribution is 2.22. The van der Waals surface area contributed by atoms with Gasteiger partial charge in [0.2, 0.25) is 5.72 Å². The maximum atomic E-state index is 11.8. The SMILES string of the molecule is CCCC(C(=O)OC(C)(C)C)C(N)(O)C(N)=O. The molecule has 0 saturated carbocycles. The van der Waals surface area contributed by atoms with Crippen LogP contribution in [0.15, 0.2) is 0 Å². The Morgan fingerprint density at radius 2 is 1.82 bits per heavy atom. The second kappa shape index (κ2) is 5.46. The molecule has 0 bridgehead atoms. The van der Waals surface area contributed by atoms with Crippen molar-refractivity contribution < 1.29 is 19.4 Å². The van der Waals surface area contributed by atoms with Gasteiger partial charge in [-0.1, -0.05) is 13.3 Å². The predicted molar refractivity (Wildman–Crippen MR) is 62.6 cm³/mol. The molecule has 0 heterocycles. The summed E-state index contributed by atoms with van der Waals surface area (Å²) in [5.74, 6) is -3.01. The first-order chi connectivity index (χ1) is 7.52. The molecule has 2 atom stereocenters. The number of aliphatic hydroxyl groups is 1. The molecule has 0 fully saturated rings. The molecule has 100 valence electrons. The van der Waals surface area contributed by atoms with Gasteiger partial charge in [-0.2, -0.15) is 0 Å². The van der Waals surface area contributed by atoms with Gasteiger partial charge in [-0.25, -0.2) is 0 Å². The molecule has 0 rings (SSSR count). The summed E-state index contributed by atoms with van der Waals surface area (Å²) in [5, 5.41) is 9.75. The van der Waals surface area contributed by atoms with E-state index in [0.717, 1.165) is 0 Å². The van der Waals surface area contributed by atoms with Crippen LogP contribution in [-0.2, 0) is 14.3 Å². The van der Waals surface area contributed by atoms with Crippen LogP contribution in [0.3, 0.4) is 0 Å². The van der Waals surface area contributed by atoms with Gasteiger partial charge in [0.25, 0.3) is 5.91 Å². The molecule has 0 aromatic rings. The Bertz CT molecular complexity index is 294. The quantitative estimate of drug-likeness (QED) is 0.462. The molecule has 0 aliphatic rings. The average molecular weight is 246 g/mol. The first-order valence-corrected chi connectivity index (χ1v) is 5.56. The molecule has 0 radical (unpaired) electrons. The Hall–Kier alpha value is -1.14. The summed E-state index contributed by atoms with van der Waals surface area (Å²) in [5.41, 5.74) is 7.28. The normalized spacial score (nSPS) is 17.1. The van der Waals surface area contributed by atoms with Crippen molar-refractivity contribution >= 4 is 11.9 Å². The van der Waals surface area contributed by atoms with Crippen molar-refractivity contribution in [3.63, 3.8) is 0 Å². The lowest BCUT2D eigenvalue weighted by atomic mass is 9.91. The van der Waals surface area contributed by atoms with E-state index in [1.807, 2.05) is 0 Å². The first-order valence-electron chi connectivity index (χ1n) is 5.56. The summed E-state index contributed by atoms with van der Waals surface area (Å²) in [6, 6.07) is 0. The monoisotopic (exact) mass is 246 g/mol. The highest BCUT2D eigenvalue weighted by atomic mass is 16.6. The maximum absolute atomic E-state index is 11.8. The standard InChI is InChI=1S/C11H22N2O4/c1-5-6-7(11(13,16)9(12)15)8(14)17-10(2,3)4/h7,16H,5-6,13H2,1-4H3,(H2,12,15). The third kappa shape index (κ3) is 4.70. The topological polar surface area (TPSA) is 116 Å². The van der Waals surface area contributed by atoms with Gasteiger partial charge in [-0.3, -0.25) is 15.3 Å². The van der Waals surface area contributed by atoms with Gasteiger partial charge in [0.15, 0.2) is 0 Å². The first kappa shape index (κ1) is 15.9. The van der Waals surface area contributed by atoms with Crippen molar-refractivity contribution in [1.82, 2.24) is 0 Å². The fourth-order valence-corrected chi connectivity index (χ4v) is 1.35. The molecule has 6 nitrogen and oxygen atoms in total. The lowest BCUT2D eigenvalue weighted by Gasteiger charge is -2.30. The third-order valence-electron chi connectivity index (χ3n) is 2.19. The van der Waals surface area contributed by atoms with Gasteiger partial charge in [0.1, 0.15) is 11.5 Å². The number of ether oxygens (including phenoxy) is 1. The van der Waals surface area contributed by atoms with E-state index in [4.69, 9.17) is 16.2 Å². The zero-order valence-corrected chi connectivity index (χ0v) is 10.8. The Balaban J connectivity index is 4.98. The Morgan fingerprint density at radius 1 is 1.35 bits per heavy atom. The minimum absolute atomic E-state index is 0.227. The molecule has 1 amide bonds. The Morgan fingerprint density at radius 3 is 2.12 bits per heavy atom. The van der Waals surface area contributed by atoms with E-state index < -0.39 is 29.1 Å². The average Bonchev–Trinajstić information content (AvgIpc) is 2.10. The molecule has 0 aliphatic heterocycles. The molecule has 0 aromatic heterocycles. The van der Waals surface area contributed by atoms with Gasteiger partial charge in [-0.15, -0.1) is 0 Å². The molecule has 0 saturated heterocycles. The molecule has 5 N–H and O–H groups in total. The molecule has 6 heteroatoms. The van der Waals surface area contributed by atoms with E-state index >= 15 is 0 Å². The van der Waals surface area contributed by atoms with Crippen LogP contribution < -0.4 is 11.5 Å². The summed E-state index contributed by atoms with van der Waals surface area (Å²) in [7, 11) is 0. The van der Waals surface area contributed by atoms with Crippen molar-refractivity contribution in [1.29, 1.82) is 0 Å². The number of hydrogen-bond acceptors (Lipinski definition) is 5. The van der Waals surface area contributed by atoms with E-state index in [1.165, 1.54) is 0 Å². The van der Waals surface area contributed by atoms with Crippen molar-refractivity contribution in [2.75, 3.05) is 0 Å². The Kier molecular flexibility index (Phi) is 5.10. The van der Waals surface area contributed by atoms with Gasteiger partial charge >= 0.3 is 5.97 Å². The zero-order valence-electron chi connectivity index (χ0n) is 10.8. The van der Waals surface area contributed by atoms with E-state index in [1.54, 1.807) is 27.7 Å². The summed E-state index contributed by atoms with van der Waals surface area (Å²) in [6.07, 6.45) is 0.793. The van der Waals surface area contributed by atoms with Crippen LogP contribution in [-0.4, -0.2) is 28.3 Å². The van der Waals surface area contributed by atoms with Gasteiger partial charge in [0.05, 0.1) is 0 Å². The number of nitrogens with two attached hydrogens (primary N) is 2. The Labute approximate surface area is 101 Å². The molecule has 17 heavy (non-hydrogen) atoms. The summed E-state index contributed by atoms with van der Waals surface area (Å²) in [4.78, 5) is 22.9. The third-order valence-corrected chi connectivity index (χ3v) is 2.19. The van der Waals surface area contributed by atoms with Crippen LogP contribution in [0.25, 0.3) is 0 Å². The molecular weight excluding hydrogens is 224 g/mol. The smallest absolute Gasteiger partial charge is 0.314 e. The second-order valence-corrected chi connectivity index (χ2v) is 5.06. The van der Waals surface area contributed by atoms with Gasteiger partial charge < -0.3 is 15.6 Å². The van der Waals surface area contributed by atoms with Crippen molar-refractivity contribution in [3.8, 4) is 0 Å². The van der Waals surface area contributed by atoms with Gasteiger partial charge in [0, 0.05) is 0 Å². The highest BCUT2D eigenvalue weighted by Gasteiger charge is 2.44. The van der Waals surface area contributed by atoms with Crippen molar-refractivity contribution in [2.24, 2.45) is 17.4 Å². The van der Waals surface area contributed by atoms with Crippen LogP contribution in [0.1, 0.15) is 40.5 Å². The van der Waals surface area contributed by atoms with Crippen LogP contribution in [0.2, 0.25) is 0 Å². The largest absolute Gasteiger partial charge is 0.460 e. The second-order valence-electron chi connectivity index (χ2n) is 5.06. The number of rotatable bonds is 5. The highest BCUT2D eigenvalue weighted by molar-refractivity contribution is 5.89. The minimum Gasteiger partial charge on any atom is -0.460 e. The van der Waals surface area contributed by atoms with E-state index in [2.05, 4.69) is 0 Å². The summed E-state index contributed by atoms with van der Waals surface area (Å²) in [6.45, 7) is 6.86. The molecule has 2 unspecified atom stereocenters. The zero-order chi connectivity index (χ0) is 13.9. The van der Waals surface area contributed by atoms with E-state index in [-0.39, 0.29) is 6.42 Å². The molecule has 0 spiro atoms. The molecular formula is C11H22N2O4. The number of carbonyl (C=O) groups is 2. The van der Waals surface area contributed by atoms with Crippen LogP contribution in [0.5, 0.6) is 0 Å². The number of amides is 1. The molecule has 0 aliphatic carbocycles. The van der Waals surface area contributed by atoms with E-state index in [0.29, 0.717) is 6.42 Å². The van der Waals surface area contributed by atoms with Crippen LogP contribution >= 0.6 is 0 Å². The number of carbonyl (C=O) groups excluding carboxylic acids is 2. The predicted octanol–water partition coefficient (Wildman–Crippen LogP) is -0.123. The number of primary amides is 1. The van der Waals surface area contributed by atoms with Crippen molar-refractivity contribution in [3.05, 3.63) is 0 Å². The van der Waals surface area contributed by atoms with E-state index in [9.17, 15) is 14.7 Å². The number of hydrogen-bond donors (Lipinski definition) is 3. The summed E-state index contributed by atoms with van der Waals surface area (Å²) < 4.78 is 5.10. The summed E-state index contributed by atoms with van der Waals surface area (Å²) >= 11 is 0. The van der Waals surface area contributed by atoms with Crippen molar-refractivity contribution in [2.45, 2.75) is 51.9 Å². The van der Waals surface area contributed by atoms with Crippen LogP contribution in [0.4, 0.5) is 0 Å². The fourth-order valence-electron chi connectivity index (χ4n) is 1.35. The van der Waals surface area contributed by atoms with Gasteiger partial charge in [-0.05, 0) is 27.2 Å². The number of esters is 1. The van der Waals surface area contributed by atoms with Crippen LogP contribution in [0, 0.1) is 5.92 Å². The lowest BCUT2D eigenvalue weighted by Crippen LogP contribution is -2.60. The lowest BCUT2D eigenvalue weighted by molar-refractivity contribution is -0.174. The maximum Gasteiger partial charge on any atom is 0.314 e. The minimum atomic E-state index is -2.38. The molecule has 0 aromatic carbocycles.